The van der Waals surface area contributed by atoms with Gasteiger partial charge in [0, 0.05) is 51.0 Å². The monoisotopic (exact) mass is 743 g/mol. The average Bonchev–Trinajstić information content (AvgIpc) is 3.72. The first-order valence-electron chi connectivity index (χ1n) is 17.1. The smallest absolute Gasteiger partial charge is 0.255 e. The molecule has 0 aliphatic carbocycles. The second kappa shape index (κ2) is 14.7. The van der Waals surface area contributed by atoms with Crippen molar-refractivity contribution < 1.29 is 19.2 Å². The lowest BCUT2D eigenvalue weighted by Gasteiger charge is -2.29. The number of thioether (sulfide) groups is 1. The first-order valence-corrected chi connectivity index (χ1v) is 19.3. The van der Waals surface area contributed by atoms with Crippen LogP contribution in [0.4, 0.5) is 0 Å². The predicted molar refractivity (Wildman–Crippen MR) is 198 cm³/mol. The largest absolute Gasteiger partial charge is 0.356 e. The topological polar surface area (TPSA) is 139 Å². The molecule has 51 heavy (non-hydrogen) atoms. The summed E-state index contributed by atoms with van der Waals surface area (Å²) in [6, 6.07) is 12.2. The van der Waals surface area contributed by atoms with E-state index in [1.165, 1.54) is 4.88 Å². The molecule has 4 amide bonds. The molecule has 2 aromatic carbocycles. The molecule has 5 heterocycles. The summed E-state index contributed by atoms with van der Waals surface area (Å²) in [6.07, 6.45) is 3.42. The number of hydrogen-bond donors (Lipinski definition) is 2. The van der Waals surface area contributed by atoms with Crippen LogP contribution in [0.1, 0.15) is 93.7 Å². The van der Waals surface area contributed by atoms with Gasteiger partial charge in [-0.1, -0.05) is 36.2 Å². The highest BCUT2D eigenvalue weighted by Crippen LogP contribution is 2.40. The van der Waals surface area contributed by atoms with Crippen molar-refractivity contribution in [2.24, 2.45) is 4.99 Å². The van der Waals surface area contributed by atoms with E-state index < -0.39 is 18.0 Å². The summed E-state index contributed by atoms with van der Waals surface area (Å²) in [5.74, 6) is 1.31. The number of aromatic nitrogens is 3. The van der Waals surface area contributed by atoms with Gasteiger partial charge >= 0.3 is 0 Å². The number of nitrogens with one attached hydrogen (secondary N) is 2. The number of halogens is 1. The molecular formula is C37H38ClN7O4S2. The van der Waals surface area contributed by atoms with Crippen LogP contribution in [0.5, 0.6) is 0 Å². The van der Waals surface area contributed by atoms with E-state index in [1.54, 1.807) is 28.0 Å². The number of aryl methyl sites for hydroxylation is 2. The maximum absolute atomic E-state index is 13.3. The second-order valence-corrected chi connectivity index (χ2v) is 15.8. The molecule has 1 fully saturated rings. The number of hydrogen-bond acceptors (Lipinski definition) is 9. The summed E-state index contributed by atoms with van der Waals surface area (Å²) >= 11 is 9.61. The number of unbranched alkanes of at least 4 members (excludes halogenated alkanes) is 2. The van der Waals surface area contributed by atoms with Crippen LogP contribution in [0.2, 0.25) is 5.02 Å². The molecule has 3 aliphatic heterocycles. The molecule has 2 N–H and O–H groups in total. The summed E-state index contributed by atoms with van der Waals surface area (Å²) in [5, 5.41) is 16.0. The number of carbonyl (C=O) groups excluding carboxylic acids is 4. The van der Waals surface area contributed by atoms with Gasteiger partial charge in [-0.2, -0.15) is 0 Å². The lowest BCUT2D eigenvalue weighted by molar-refractivity contribution is -0.137. The average molecular weight is 744 g/mol. The first-order chi connectivity index (χ1) is 24.6. The Morgan fingerprint density at radius 1 is 1.06 bits per heavy atom. The van der Waals surface area contributed by atoms with Crippen LogP contribution in [0.25, 0.3) is 5.00 Å². The number of benzene rings is 2. The Balaban J connectivity index is 0.937. The fourth-order valence-electron chi connectivity index (χ4n) is 6.89. The standard InChI is InChI=1S/C37H38ClN7O4S2/c1-20-21(2)51-37-32(20)33(23-10-12-24(38)13-11-23)40-27(34-43-42-22(3)45(34)37)18-31(47)39-16-5-4-6-17-50-29-9-7-8-25-26(29)19-44(36(25)49)28-14-15-30(46)41-35(28)48/h7-13,27-28H,4-6,14-19H2,1-3H3,(H,39,47)(H,41,46,48)/t27-,28?/m0/s1. The van der Waals surface area contributed by atoms with Crippen molar-refractivity contribution in [3.05, 3.63) is 91.8 Å². The summed E-state index contributed by atoms with van der Waals surface area (Å²) in [5.41, 5.74) is 5.49. The van der Waals surface area contributed by atoms with E-state index in [0.717, 1.165) is 68.7 Å². The number of imide groups is 1. The summed E-state index contributed by atoms with van der Waals surface area (Å²) < 4.78 is 2.05. The number of rotatable bonds is 11. The van der Waals surface area contributed by atoms with E-state index in [1.807, 2.05) is 54.0 Å². The number of carbonyl (C=O) groups is 4. The second-order valence-electron chi connectivity index (χ2n) is 13.1. The third kappa shape index (κ3) is 6.98. The van der Waals surface area contributed by atoms with Crippen molar-refractivity contribution >= 4 is 64.0 Å². The van der Waals surface area contributed by atoms with Crippen molar-refractivity contribution in [2.75, 3.05) is 12.3 Å². The molecule has 4 aromatic rings. The van der Waals surface area contributed by atoms with Gasteiger partial charge in [0.25, 0.3) is 5.91 Å². The zero-order valence-electron chi connectivity index (χ0n) is 28.6. The third-order valence-corrected chi connectivity index (χ3v) is 12.3. The number of nitrogens with zero attached hydrogens (tertiary/aromatic N) is 5. The van der Waals surface area contributed by atoms with Crippen molar-refractivity contribution in [2.45, 2.75) is 82.8 Å². The minimum Gasteiger partial charge on any atom is -0.356 e. The van der Waals surface area contributed by atoms with Gasteiger partial charge in [0.2, 0.25) is 17.7 Å². The molecule has 11 nitrogen and oxygen atoms in total. The van der Waals surface area contributed by atoms with Crippen molar-refractivity contribution in [1.29, 1.82) is 0 Å². The van der Waals surface area contributed by atoms with E-state index in [4.69, 9.17) is 16.6 Å². The van der Waals surface area contributed by atoms with Crippen LogP contribution in [0.15, 0.2) is 52.4 Å². The van der Waals surface area contributed by atoms with Gasteiger partial charge in [-0.3, -0.25) is 34.1 Å². The SMILES string of the molecule is Cc1sc2c(c1C)C(c1ccc(Cl)cc1)=N[C@@H](CC(=O)NCCCCCSc1cccc3c1CN(C1CCC(=O)NC1=O)C3=O)c1nnc(C)n1-2. The highest BCUT2D eigenvalue weighted by molar-refractivity contribution is 7.99. The molecule has 0 saturated carbocycles. The highest BCUT2D eigenvalue weighted by atomic mass is 35.5. The summed E-state index contributed by atoms with van der Waals surface area (Å²) in [7, 11) is 0. The Labute approximate surface area is 309 Å². The van der Waals surface area contributed by atoms with Gasteiger partial charge in [0.05, 0.1) is 12.1 Å². The van der Waals surface area contributed by atoms with Gasteiger partial charge < -0.3 is 10.2 Å². The molecule has 2 aromatic heterocycles. The number of amides is 4. The Morgan fingerprint density at radius 3 is 2.65 bits per heavy atom. The van der Waals surface area contributed by atoms with Crippen LogP contribution in [-0.2, 0) is 20.9 Å². The lowest BCUT2D eigenvalue weighted by atomic mass is 9.99. The third-order valence-electron chi connectivity index (χ3n) is 9.68. The summed E-state index contributed by atoms with van der Waals surface area (Å²) in [4.78, 5) is 59.5. The molecule has 0 bridgehead atoms. The molecule has 0 spiro atoms. The minimum absolute atomic E-state index is 0.0935. The number of fused-ring (bicyclic) bond motifs is 4. The molecule has 7 rings (SSSR count). The summed E-state index contributed by atoms with van der Waals surface area (Å²) in [6.45, 7) is 7.05. The molecule has 264 valence electrons. The van der Waals surface area contributed by atoms with Crippen LogP contribution >= 0.6 is 34.7 Å². The zero-order valence-corrected chi connectivity index (χ0v) is 31.0. The Bertz CT molecular complexity index is 2070. The van der Waals surface area contributed by atoms with Crippen molar-refractivity contribution in [1.82, 2.24) is 30.3 Å². The predicted octanol–water partition coefficient (Wildman–Crippen LogP) is 6.03. The molecule has 2 atom stereocenters. The molecule has 1 saturated heterocycles. The molecule has 14 heteroatoms. The number of aliphatic imine (C=N–C) groups is 1. The van der Waals surface area contributed by atoms with Crippen molar-refractivity contribution in [3.63, 3.8) is 0 Å². The van der Waals surface area contributed by atoms with Gasteiger partial charge in [-0.25, -0.2) is 0 Å². The molecular weight excluding hydrogens is 706 g/mol. The van der Waals surface area contributed by atoms with Crippen LogP contribution < -0.4 is 10.6 Å². The van der Waals surface area contributed by atoms with E-state index in [-0.39, 0.29) is 30.6 Å². The normalized spacial score (nSPS) is 18.2. The van der Waals surface area contributed by atoms with E-state index >= 15 is 0 Å². The van der Waals surface area contributed by atoms with Crippen LogP contribution in [-0.4, -0.2) is 67.3 Å². The molecule has 1 unspecified atom stereocenters. The van der Waals surface area contributed by atoms with Gasteiger partial charge in [0.15, 0.2) is 5.82 Å². The van der Waals surface area contributed by atoms with E-state index in [9.17, 15) is 19.2 Å². The number of piperidine rings is 1. The van der Waals surface area contributed by atoms with Gasteiger partial charge in [-0.15, -0.1) is 33.3 Å². The Kier molecular flexibility index (Phi) is 10.1. The Morgan fingerprint density at radius 2 is 1.86 bits per heavy atom. The van der Waals surface area contributed by atoms with E-state index in [0.29, 0.717) is 35.9 Å². The van der Waals surface area contributed by atoms with Gasteiger partial charge in [0.1, 0.15) is 22.9 Å². The quantitative estimate of drug-likeness (QED) is 0.109. The highest BCUT2D eigenvalue weighted by Gasteiger charge is 2.40. The maximum atomic E-state index is 13.3. The van der Waals surface area contributed by atoms with Crippen molar-refractivity contribution in [3.8, 4) is 5.00 Å². The lowest BCUT2D eigenvalue weighted by Crippen LogP contribution is -2.52. The van der Waals surface area contributed by atoms with Gasteiger partial charge in [-0.05, 0) is 81.2 Å². The molecule has 0 radical (unpaired) electrons. The van der Waals surface area contributed by atoms with Crippen LogP contribution in [0, 0.1) is 20.8 Å². The minimum atomic E-state index is -0.625. The molecule has 3 aliphatic rings. The fraction of sp³-hybridized carbons (Fsp3) is 0.378. The first kappa shape index (κ1) is 35.1. The zero-order chi connectivity index (χ0) is 35.8. The fourth-order valence-corrected chi connectivity index (χ4v) is 9.32. The van der Waals surface area contributed by atoms with Crippen LogP contribution in [0.3, 0.4) is 0 Å². The van der Waals surface area contributed by atoms with E-state index in [2.05, 4.69) is 34.7 Å². The number of thiophene rings is 1. The Hall–Kier alpha value is -4.33. The maximum Gasteiger partial charge on any atom is 0.255 e.